The Morgan fingerprint density at radius 3 is 2.14 bits per heavy atom. The zero-order valence-corrected chi connectivity index (χ0v) is 29.4. The summed E-state index contributed by atoms with van der Waals surface area (Å²) in [5.41, 5.74) is 1.23. The first-order valence-corrected chi connectivity index (χ1v) is 17.0. The number of rotatable bonds is 15. The first-order valence-electron chi connectivity index (χ1n) is 14.6. The average molecular weight is 715 g/mol. The number of thioether (sulfide) groups is 1. The van der Waals surface area contributed by atoms with E-state index in [2.05, 4.69) is 14.4 Å². The van der Waals surface area contributed by atoms with Crippen molar-refractivity contribution in [1.82, 2.24) is 10.2 Å². The molecule has 0 radical (unpaired) electrons. The van der Waals surface area contributed by atoms with Crippen LogP contribution in [0.25, 0.3) is 33.7 Å². The quantitative estimate of drug-likeness (QED) is 0.0729. The van der Waals surface area contributed by atoms with E-state index in [1.165, 1.54) is 53.4 Å². The highest BCUT2D eigenvalue weighted by Gasteiger charge is 2.25. The summed E-state index contributed by atoms with van der Waals surface area (Å²) in [6.07, 6.45) is 0.446. The second-order valence-corrected chi connectivity index (χ2v) is 13.0. The van der Waals surface area contributed by atoms with Gasteiger partial charge in [0.25, 0.3) is 15.3 Å². The van der Waals surface area contributed by atoms with Crippen LogP contribution >= 0.6 is 11.8 Å². The third kappa shape index (κ3) is 7.25. The van der Waals surface area contributed by atoms with Gasteiger partial charge < -0.3 is 37.3 Å². The topological polar surface area (TPSA) is 168 Å². The minimum Gasteiger partial charge on any atom is -0.496 e. The van der Waals surface area contributed by atoms with Gasteiger partial charge in [0.2, 0.25) is 22.8 Å². The molecule has 5 rings (SSSR count). The summed E-state index contributed by atoms with van der Waals surface area (Å²) in [5, 5.41) is 8.50. The average Bonchev–Trinajstić information content (AvgIpc) is 3.59. The zero-order chi connectivity index (χ0) is 35.3. The van der Waals surface area contributed by atoms with E-state index in [-0.39, 0.29) is 56.4 Å². The van der Waals surface area contributed by atoms with Gasteiger partial charge in [-0.05, 0) is 37.6 Å². The second-order valence-electron chi connectivity index (χ2n) is 10.3. The number of hydrogen-bond acceptors (Lipinski definition) is 15. The molecule has 14 nitrogen and oxygen atoms in total. The lowest BCUT2D eigenvalue weighted by Gasteiger charge is -2.16. The van der Waals surface area contributed by atoms with Crippen molar-refractivity contribution < 1.29 is 49.9 Å². The summed E-state index contributed by atoms with van der Waals surface area (Å²) in [5.74, 6) is 2.30. The monoisotopic (exact) mass is 714 g/mol. The summed E-state index contributed by atoms with van der Waals surface area (Å²) in [6.45, 7) is 1.92. The van der Waals surface area contributed by atoms with Crippen LogP contribution in [0.5, 0.6) is 34.5 Å². The largest absolute Gasteiger partial charge is 0.496 e. The lowest BCUT2D eigenvalue weighted by atomic mass is 10.1. The van der Waals surface area contributed by atoms with Crippen LogP contribution in [0.15, 0.2) is 66.2 Å². The van der Waals surface area contributed by atoms with Gasteiger partial charge in [0.15, 0.2) is 17.3 Å². The molecule has 0 atom stereocenters. The third-order valence-electron chi connectivity index (χ3n) is 7.29. The summed E-state index contributed by atoms with van der Waals surface area (Å²) < 4.78 is 75.2. The molecule has 0 amide bonds. The lowest BCUT2D eigenvalue weighted by molar-refractivity contribution is 0.309. The second kappa shape index (κ2) is 15.1. The van der Waals surface area contributed by atoms with Crippen LogP contribution in [0.1, 0.15) is 12.0 Å². The molecule has 0 aliphatic rings. The number of nitrogens with zero attached hydrogens (tertiary/aromatic N) is 2. The molecule has 260 valence electrons. The minimum absolute atomic E-state index is 0.0346. The van der Waals surface area contributed by atoms with Gasteiger partial charge in [-0.25, -0.2) is 0 Å². The molecule has 0 saturated heterocycles. The van der Waals surface area contributed by atoms with Gasteiger partial charge in [-0.15, -0.1) is 10.2 Å². The maximum atomic E-state index is 14.0. The van der Waals surface area contributed by atoms with Crippen molar-refractivity contribution in [3.63, 3.8) is 0 Å². The molecule has 0 spiro atoms. The highest BCUT2D eigenvalue weighted by molar-refractivity contribution is 7.99. The molecule has 16 heteroatoms. The van der Waals surface area contributed by atoms with Gasteiger partial charge in [-0.2, -0.15) is 8.42 Å². The number of hydrogen-bond donors (Lipinski definition) is 0. The molecule has 2 heterocycles. The van der Waals surface area contributed by atoms with Gasteiger partial charge in [-0.1, -0.05) is 23.4 Å². The molecular formula is C33H34N2O12S2. The molecule has 0 saturated carbocycles. The molecular weight excluding hydrogens is 680 g/mol. The van der Waals surface area contributed by atoms with Crippen LogP contribution in [0.4, 0.5) is 0 Å². The third-order valence-corrected chi connectivity index (χ3v) is 9.53. The van der Waals surface area contributed by atoms with E-state index >= 15 is 0 Å². The molecule has 0 unspecified atom stereocenters. The maximum absolute atomic E-state index is 14.0. The number of aryl methyl sites for hydroxylation is 1. The standard InChI is InChI=1S/C33H34N2O12S2/c1-18-9-10-26(49(37,38)44-7)21(13-18)32-34-35-33(47-32)48-12-8-11-45-31-28(36)27-22(40-3)16-20(39-2)17-23(27)46-29(31)19-14-24(41-4)30(43-6)25(15-19)42-5/h9-10,13-17H,8,11-12H2,1-7H3. The van der Waals surface area contributed by atoms with E-state index in [1.807, 2.05) is 6.92 Å². The van der Waals surface area contributed by atoms with E-state index < -0.39 is 15.5 Å². The van der Waals surface area contributed by atoms with Crippen molar-refractivity contribution in [3.05, 3.63) is 58.3 Å². The SMILES string of the molecule is COc1cc(OC)c2c(=O)c(OCCCSc3nnc(-c4cc(C)ccc4S(=O)(=O)OC)o3)c(-c3cc(OC)c(OC)c(OC)c3)oc2c1. The number of aromatic nitrogens is 2. The van der Waals surface area contributed by atoms with Crippen molar-refractivity contribution in [2.75, 3.05) is 55.0 Å². The van der Waals surface area contributed by atoms with Crippen molar-refractivity contribution in [3.8, 4) is 57.3 Å². The first-order chi connectivity index (χ1) is 23.6. The van der Waals surface area contributed by atoms with Crippen LogP contribution in [0, 0.1) is 6.92 Å². The van der Waals surface area contributed by atoms with Crippen LogP contribution in [0.2, 0.25) is 0 Å². The Labute approximate surface area is 286 Å². The predicted molar refractivity (Wildman–Crippen MR) is 180 cm³/mol. The number of methoxy groups -OCH3 is 5. The molecule has 0 aliphatic carbocycles. The van der Waals surface area contributed by atoms with E-state index in [0.717, 1.165) is 12.7 Å². The minimum atomic E-state index is -4.01. The molecule has 3 aromatic carbocycles. The molecule has 0 N–H and O–H groups in total. The van der Waals surface area contributed by atoms with Gasteiger partial charge in [0.1, 0.15) is 27.4 Å². The Morgan fingerprint density at radius 1 is 0.796 bits per heavy atom. The smallest absolute Gasteiger partial charge is 0.297 e. The van der Waals surface area contributed by atoms with Gasteiger partial charge in [0, 0.05) is 23.4 Å². The summed E-state index contributed by atoms with van der Waals surface area (Å²) >= 11 is 1.24. The Hall–Kier alpha value is -4.93. The van der Waals surface area contributed by atoms with Crippen molar-refractivity contribution in [1.29, 1.82) is 0 Å². The summed E-state index contributed by atoms with van der Waals surface area (Å²) in [7, 11) is 4.46. The van der Waals surface area contributed by atoms with Crippen molar-refractivity contribution in [2.45, 2.75) is 23.5 Å². The molecule has 0 aliphatic heterocycles. The maximum Gasteiger partial charge on any atom is 0.297 e. The number of fused-ring (bicyclic) bond motifs is 1. The van der Waals surface area contributed by atoms with Crippen LogP contribution < -0.4 is 33.8 Å². The van der Waals surface area contributed by atoms with Crippen LogP contribution in [-0.2, 0) is 14.3 Å². The highest BCUT2D eigenvalue weighted by atomic mass is 32.2. The van der Waals surface area contributed by atoms with Gasteiger partial charge in [0.05, 0.1) is 54.8 Å². The van der Waals surface area contributed by atoms with E-state index in [0.29, 0.717) is 40.7 Å². The summed E-state index contributed by atoms with van der Waals surface area (Å²) in [6, 6.07) is 11.2. The highest BCUT2D eigenvalue weighted by Crippen LogP contribution is 2.44. The Morgan fingerprint density at radius 2 is 1.51 bits per heavy atom. The predicted octanol–water partition coefficient (Wildman–Crippen LogP) is 5.76. The van der Waals surface area contributed by atoms with Gasteiger partial charge in [-0.3, -0.25) is 8.98 Å². The molecule has 49 heavy (non-hydrogen) atoms. The van der Waals surface area contributed by atoms with Gasteiger partial charge >= 0.3 is 0 Å². The van der Waals surface area contributed by atoms with E-state index in [9.17, 15) is 13.2 Å². The molecule has 5 aromatic rings. The number of ether oxygens (including phenoxy) is 6. The molecule has 0 fully saturated rings. The molecule has 0 bridgehead atoms. The zero-order valence-electron chi connectivity index (χ0n) is 27.8. The first kappa shape index (κ1) is 35.4. The van der Waals surface area contributed by atoms with Crippen LogP contribution in [0.3, 0.4) is 0 Å². The number of benzene rings is 3. The van der Waals surface area contributed by atoms with Crippen molar-refractivity contribution in [2.24, 2.45) is 0 Å². The molecule has 2 aromatic heterocycles. The Kier molecular flexibility index (Phi) is 10.9. The van der Waals surface area contributed by atoms with E-state index in [1.54, 1.807) is 36.4 Å². The Bertz CT molecular complexity index is 2120. The fourth-order valence-electron chi connectivity index (χ4n) is 4.94. The normalized spacial score (nSPS) is 11.4. The summed E-state index contributed by atoms with van der Waals surface area (Å²) in [4.78, 5) is 13.9. The fraction of sp³-hybridized carbons (Fsp3) is 0.303. The van der Waals surface area contributed by atoms with Crippen molar-refractivity contribution >= 4 is 32.8 Å². The van der Waals surface area contributed by atoms with Crippen LogP contribution in [-0.4, -0.2) is 73.6 Å². The fourth-order valence-corrected chi connectivity index (χ4v) is 6.45. The van der Waals surface area contributed by atoms with E-state index in [4.69, 9.17) is 37.3 Å². The lowest BCUT2D eigenvalue weighted by Crippen LogP contribution is -2.12. The Balaban J connectivity index is 1.42.